The molecule has 10 heteroatoms. The van der Waals surface area contributed by atoms with Gasteiger partial charge in [-0.15, -0.1) is 10.2 Å². The zero-order chi connectivity index (χ0) is 20.4. The summed E-state index contributed by atoms with van der Waals surface area (Å²) in [5.74, 6) is -0.754. The first kappa shape index (κ1) is 19.7. The predicted molar refractivity (Wildman–Crippen MR) is 113 cm³/mol. The minimum absolute atomic E-state index is 0.262. The van der Waals surface area contributed by atoms with E-state index in [0.29, 0.717) is 16.7 Å². The number of carbonyl (C=O) groups excluding carboxylic acids is 1. The van der Waals surface area contributed by atoms with Crippen LogP contribution < -0.4 is 10.9 Å². The molecule has 8 nitrogen and oxygen atoms in total. The van der Waals surface area contributed by atoms with Gasteiger partial charge >= 0.3 is 0 Å². The van der Waals surface area contributed by atoms with E-state index < -0.39 is 17.2 Å². The van der Waals surface area contributed by atoms with E-state index in [4.69, 9.17) is 0 Å². The lowest BCUT2D eigenvalue weighted by molar-refractivity contribution is 0.101. The molecular formula is C19H18BrN5O3S. The number of halogens is 1. The second-order valence-corrected chi connectivity index (χ2v) is 8.76. The average Bonchev–Trinajstić information content (AvgIpc) is 3.18. The fourth-order valence-electron chi connectivity index (χ4n) is 3.33. The molecule has 3 aromatic rings. The summed E-state index contributed by atoms with van der Waals surface area (Å²) in [5, 5.41) is 26.3. The van der Waals surface area contributed by atoms with Crippen LogP contribution in [0.1, 0.15) is 53.5 Å². The van der Waals surface area contributed by atoms with Gasteiger partial charge in [0.2, 0.25) is 5.13 Å². The number of aromatic hydroxyl groups is 1. The summed E-state index contributed by atoms with van der Waals surface area (Å²) in [6.07, 6.45) is 5.78. The van der Waals surface area contributed by atoms with Gasteiger partial charge in [-0.3, -0.25) is 14.9 Å². The Morgan fingerprint density at radius 2 is 1.90 bits per heavy atom. The van der Waals surface area contributed by atoms with Gasteiger partial charge in [-0.2, -0.15) is 9.78 Å². The molecule has 1 fully saturated rings. The van der Waals surface area contributed by atoms with Crippen LogP contribution in [0.3, 0.4) is 0 Å². The first-order valence-electron chi connectivity index (χ1n) is 9.25. The zero-order valence-electron chi connectivity index (χ0n) is 15.3. The maximum atomic E-state index is 12.7. The fourth-order valence-corrected chi connectivity index (χ4v) is 4.50. The number of aromatic nitrogens is 4. The third kappa shape index (κ3) is 4.38. The predicted octanol–water partition coefficient (Wildman–Crippen LogP) is 3.85. The Balaban J connectivity index is 1.57. The summed E-state index contributed by atoms with van der Waals surface area (Å²) >= 11 is 4.67. The summed E-state index contributed by atoms with van der Waals surface area (Å²) in [6, 6.07) is 7.84. The van der Waals surface area contributed by atoms with Crippen molar-refractivity contribution in [2.24, 2.45) is 0 Å². The third-order valence-electron chi connectivity index (χ3n) is 4.81. The molecule has 1 aliphatic rings. The van der Waals surface area contributed by atoms with Crippen molar-refractivity contribution in [1.82, 2.24) is 20.0 Å². The van der Waals surface area contributed by atoms with E-state index in [9.17, 15) is 14.7 Å². The van der Waals surface area contributed by atoms with Crippen LogP contribution in [0.15, 0.2) is 39.6 Å². The van der Waals surface area contributed by atoms with Crippen molar-refractivity contribution in [2.45, 2.75) is 38.0 Å². The van der Waals surface area contributed by atoms with Gasteiger partial charge in [-0.05, 0) is 37.1 Å². The number of benzene rings is 1. The highest BCUT2D eigenvalue weighted by atomic mass is 79.9. The summed E-state index contributed by atoms with van der Waals surface area (Å²) in [4.78, 5) is 24.9. The molecule has 0 saturated heterocycles. The minimum Gasteiger partial charge on any atom is -0.505 e. The Morgan fingerprint density at radius 3 is 2.62 bits per heavy atom. The highest BCUT2D eigenvalue weighted by Gasteiger charge is 2.22. The van der Waals surface area contributed by atoms with Crippen LogP contribution in [0.25, 0.3) is 5.69 Å². The summed E-state index contributed by atoms with van der Waals surface area (Å²) in [5.41, 5.74) is -0.332. The molecule has 0 bridgehead atoms. The Bertz CT molecular complexity index is 1090. The normalized spacial score (nSPS) is 14.7. The van der Waals surface area contributed by atoms with E-state index in [-0.39, 0.29) is 5.69 Å². The van der Waals surface area contributed by atoms with E-state index >= 15 is 0 Å². The van der Waals surface area contributed by atoms with Gasteiger partial charge < -0.3 is 5.11 Å². The highest BCUT2D eigenvalue weighted by molar-refractivity contribution is 9.10. The standard InChI is InChI=1S/C19H18BrN5O3S/c20-12-6-8-13(9-7-12)25-15(27)10-14(26)16(24-25)17(28)21-19-23-22-18(29-19)11-4-2-1-3-5-11/h6-11,26H,1-5H2,(H,21,23,28). The lowest BCUT2D eigenvalue weighted by Crippen LogP contribution is -2.25. The van der Waals surface area contributed by atoms with Crippen molar-refractivity contribution >= 4 is 38.3 Å². The van der Waals surface area contributed by atoms with Crippen molar-refractivity contribution in [3.8, 4) is 11.4 Å². The van der Waals surface area contributed by atoms with E-state index in [1.54, 1.807) is 24.3 Å². The number of hydrogen-bond acceptors (Lipinski definition) is 7. The molecule has 0 aliphatic heterocycles. The Kier molecular flexibility index (Phi) is 5.72. The van der Waals surface area contributed by atoms with E-state index in [0.717, 1.165) is 33.1 Å². The van der Waals surface area contributed by atoms with Gasteiger partial charge in [-0.25, -0.2) is 0 Å². The van der Waals surface area contributed by atoms with Crippen molar-refractivity contribution in [3.05, 3.63) is 55.9 Å². The van der Waals surface area contributed by atoms with Crippen LogP contribution in [-0.2, 0) is 0 Å². The number of rotatable bonds is 4. The van der Waals surface area contributed by atoms with Crippen LogP contribution in [0.2, 0.25) is 0 Å². The lowest BCUT2D eigenvalue weighted by Gasteiger charge is -2.18. The van der Waals surface area contributed by atoms with Crippen LogP contribution in [0.4, 0.5) is 5.13 Å². The number of amides is 1. The molecule has 2 N–H and O–H groups in total. The second kappa shape index (κ2) is 8.42. The quantitative estimate of drug-likeness (QED) is 0.592. The molecule has 0 atom stereocenters. The largest absolute Gasteiger partial charge is 0.505 e. The van der Waals surface area contributed by atoms with Crippen molar-refractivity contribution in [3.63, 3.8) is 0 Å². The number of hydrogen-bond donors (Lipinski definition) is 2. The molecule has 0 spiro atoms. The van der Waals surface area contributed by atoms with Gasteiger partial charge in [-0.1, -0.05) is 46.5 Å². The SMILES string of the molecule is O=C(Nc1nnc(C2CCCCC2)s1)c1nn(-c2ccc(Br)cc2)c(=O)cc1O. The van der Waals surface area contributed by atoms with Crippen LogP contribution in [0.5, 0.6) is 5.75 Å². The lowest BCUT2D eigenvalue weighted by atomic mass is 9.90. The molecule has 1 amide bonds. The molecule has 4 rings (SSSR count). The molecule has 1 aliphatic carbocycles. The molecular weight excluding hydrogens is 458 g/mol. The zero-order valence-corrected chi connectivity index (χ0v) is 17.7. The maximum Gasteiger partial charge on any atom is 0.281 e. The van der Waals surface area contributed by atoms with Crippen LogP contribution in [-0.4, -0.2) is 31.0 Å². The van der Waals surface area contributed by atoms with Crippen molar-refractivity contribution in [2.75, 3.05) is 5.32 Å². The van der Waals surface area contributed by atoms with Gasteiger partial charge in [0.1, 0.15) is 5.01 Å². The van der Waals surface area contributed by atoms with E-state index in [1.165, 1.54) is 30.6 Å². The monoisotopic (exact) mass is 475 g/mol. The van der Waals surface area contributed by atoms with E-state index in [1.807, 2.05) is 0 Å². The first-order chi connectivity index (χ1) is 14.0. The topological polar surface area (TPSA) is 110 Å². The smallest absolute Gasteiger partial charge is 0.281 e. The number of nitrogens with one attached hydrogen (secondary N) is 1. The van der Waals surface area contributed by atoms with Gasteiger partial charge in [0.05, 0.1) is 5.69 Å². The molecule has 0 radical (unpaired) electrons. The highest BCUT2D eigenvalue weighted by Crippen LogP contribution is 2.35. The molecule has 0 unspecified atom stereocenters. The van der Waals surface area contributed by atoms with Crippen molar-refractivity contribution < 1.29 is 9.90 Å². The minimum atomic E-state index is -0.653. The number of anilines is 1. The molecule has 1 saturated carbocycles. The Labute approximate surface area is 178 Å². The summed E-state index contributed by atoms with van der Waals surface area (Å²) in [6.45, 7) is 0. The second-order valence-electron chi connectivity index (χ2n) is 6.84. The molecule has 2 aromatic heterocycles. The maximum absolute atomic E-state index is 12.7. The Morgan fingerprint density at radius 1 is 1.17 bits per heavy atom. The number of carbonyl (C=O) groups is 1. The summed E-state index contributed by atoms with van der Waals surface area (Å²) in [7, 11) is 0. The van der Waals surface area contributed by atoms with Crippen LogP contribution in [0, 0.1) is 0 Å². The summed E-state index contributed by atoms with van der Waals surface area (Å²) < 4.78 is 1.91. The Hall–Kier alpha value is -2.59. The third-order valence-corrected chi connectivity index (χ3v) is 6.34. The van der Waals surface area contributed by atoms with Crippen molar-refractivity contribution in [1.29, 1.82) is 0 Å². The van der Waals surface area contributed by atoms with Gasteiger partial charge in [0.25, 0.3) is 11.5 Å². The average molecular weight is 476 g/mol. The fraction of sp³-hybridized carbons (Fsp3) is 0.316. The molecule has 150 valence electrons. The first-order valence-corrected chi connectivity index (χ1v) is 10.9. The van der Waals surface area contributed by atoms with Gasteiger partial charge in [0.15, 0.2) is 11.4 Å². The number of nitrogens with zero attached hydrogens (tertiary/aromatic N) is 4. The molecule has 2 heterocycles. The molecule has 29 heavy (non-hydrogen) atoms. The molecule has 1 aromatic carbocycles. The van der Waals surface area contributed by atoms with Gasteiger partial charge in [0, 0.05) is 16.5 Å². The van der Waals surface area contributed by atoms with Crippen LogP contribution >= 0.6 is 27.3 Å². The van der Waals surface area contributed by atoms with E-state index in [2.05, 4.69) is 36.5 Å².